The highest BCUT2D eigenvalue weighted by Crippen LogP contribution is 2.28. The molecule has 0 radical (unpaired) electrons. The van der Waals surface area contributed by atoms with E-state index in [1.54, 1.807) is 12.1 Å². The Morgan fingerprint density at radius 2 is 1.92 bits per heavy atom. The summed E-state index contributed by atoms with van der Waals surface area (Å²) >= 11 is 6.14. The molecule has 0 saturated carbocycles. The second-order valence-corrected chi connectivity index (χ2v) is 5.21. The molecule has 0 aliphatic rings. The van der Waals surface area contributed by atoms with Gasteiger partial charge in [-0.15, -0.1) is 0 Å². The van der Waals surface area contributed by atoms with Crippen molar-refractivity contribution in [1.82, 2.24) is 5.48 Å². The summed E-state index contributed by atoms with van der Waals surface area (Å²) in [5.74, 6) is -1.06. The van der Waals surface area contributed by atoms with Crippen LogP contribution in [-0.4, -0.2) is 24.2 Å². The van der Waals surface area contributed by atoms with Crippen LogP contribution < -0.4 is 10.8 Å². The number of aryl methyl sites for hydroxylation is 1. The van der Waals surface area contributed by atoms with Gasteiger partial charge < -0.3 is 10.4 Å². The van der Waals surface area contributed by atoms with Crippen molar-refractivity contribution in [3.8, 4) is 0 Å². The fourth-order valence-corrected chi connectivity index (χ4v) is 2.18. The van der Waals surface area contributed by atoms with Gasteiger partial charge in [0, 0.05) is 0 Å². The number of amides is 1. The molecule has 0 unspecified atom stereocenters. The highest BCUT2D eigenvalue weighted by molar-refractivity contribution is 6.33. The largest absolute Gasteiger partial charge is 0.394 e. The van der Waals surface area contributed by atoms with Crippen molar-refractivity contribution in [2.75, 3.05) is 18.5 Å². The van der Waals surface area contributed by atoms with E-state index < -0.39 is 11.7 Å². The topological polar surface area (TPSA) is 70.6 Å². The fraction of sp³-hybridized carbons (Fsp3) is 0.278. The van der Waals surface area contributed by atoms with Gasteiger partial charge in [0.1, 0.15) is 5.82 Å². The highest BCUT2D eigenvalue weighted by Gasteiger charge is 2.14. The van der Waals surface area contributed by atoms with Gasteiger partial charge in [-0.2, -0.15) is 0 Å². The van der Waals surface area contributed by atoms with Crippen LogP contribution in [0.25, 0.3) is 0 Å². The number of benzene rings is 2. The molecule has 7 heteroatoms. The molecule has 0 fully saturated rings. The Kier molecular flexibility index (Phi) is 8.91. The van der Waals surface area contributed by atoms with Crippen molar-refractivity contribution in [1.29, 1.82) is 0 Å². The fourth-order valence-electron chi connectivity index (χ4n) is 1.90. The van der Waals surface area contributed by atoms with E-state index in [-0.39, 0.29) is 24.5 Å². The third kappa shape index (κ3) is 6.34. The minimum Gasteiger partial charge on any atom is -0.394 e. The summed E-state index contributed by atoms with van der Waals surface area (Å²) in [6.07, 6.45) is 0. The molecule has 0 atom stereocenters. The molecule has 5 nitrogen and oxygen atoms in total. The van der Waals surface area contributed by atoms with E-state index >= 15 is 0 Å². The van der Waals surface area contributed by atoms with Gasteiger partial charge in [-0.3, -0.25) is 9.63 Å². The summed E-state index contributed by atoms with van der Waals surface area (Å²) in [6, 6.07) is 9.04. The molecule has 1 amide bonds. The third-order valence-electron chi connectivity index (χ3n) is 2.98. The number of halogens is 2. The Hall–Kier alpha value is -2.15. The van der Waals surface area contributed by atoms with Gasteiger partial charge in [0.05, 0.1) is 35.2 Å². The number of hydrogen-bond acceptors (Lipinski definition) is 4. The van der Waals surface area contributed by atoms with Crippen LogP contribution in [0.1, 0.15) is 29.8 Å². The smallest absolute Gasteiger partial charge is 0.276 e. The highest BCUT2D eigenvalue weighted by atomic mass is 35.5. The van der Waals surface area contributed by atoms with Crippen LogP contribution in [0.5, 0.6) is 0 Å². The number of aliphatic hydroxyl groups is 1. The summed E-state index contributed by atoms with van der Waals surface area (Å²) in [5, 5.41) is 12.0. The molecule has 0 saturated heterocycles. The lowest BCUT2D eigenvalue weighted by molar-refractivity contribution is 0.0169. The average molecular weight is 369 g/mol. The third-order valence-corrected chi connectivity index (χ3v) is 3.29. The monoisotopic (exact) mass is 368 g/mol. The first-order valence-electron chi connectivity index (χ1n) is 7.87. The van der Waals surface area contributed by atoms with Crippen molar-refractivity contribution in [3.63, 3.8) is 0 Å². The first-order chi connectivity index (χ1) is 12.0. The number of hydrogen-bond donors (Lipinski definition) is 3. The first-order valence-corrected chi connectivity index (χ1v) is 8.25. The Balaban J connectivity index is 0.00000151. The number of aliphatic hydroxyl groups excluding tert-OH is 1. The summed E-state index contributed by atoms with van der Waals surface area (Å²) in [7, 11) is 0. The molecule has 0 bridgehead atoms. The minimum absolute atomic E-state index is 0.0422. The zero-order valence-corrected chi connectivity index (χ0v) is 15.2. The summed E-state index contributed by atoms with van der Waals surface area (Å²) in [6.45, 7) is 5.63. The molecule has 2 aromatic carbocycles. The lowest BCUT2D eigenvalue weighted by Gasteiger charge is -2.13. The Labute approximate surface area is 151 Å². The van der Waals surface area contributed by atoms with E-state index in [1.165, 1.54) is 18.2 Å². The standard InChI is InChI=1S/C16H16ClFN2O3.C2H6/c1-10-2-5-14(13(17)8-10)19-15-9-11(18)3-4-12(15)16(22)20-23-7-6-21;1-2/h2-5,8-9,19,21H,6-7H2,1H3,(H,20,22);1-2H3. The average Bonchev–Trinajstić information content (AvgIpc) is 2.59. The lowest BCUT2D eigenvalue weighted by atomic mass is 10.1. The van der Waals surface area contributed by atoms with Gasteiger partial charge in [0.15, 0.2) is 0 Å². The molecule has 3 N–H and O–H groups in total. The van der Waals surface area contributed by atoms with Crippen LogP contribution in [0.3, 0.4) is 0 Å². The normalized spacial score (nSPS) is 9.84. The maximum absolute atomic E-state index is 13.5. The Bertz CT molecular complexity index is 711. The quantitative estimate of drug-likeness (QED) is 0.527. The molecule has 136 valence electrons. The molecule has 0 aliphatic heterocycles. The lowest BCUT2D eigenvalue weighted by Crippen LogP contribution is -2.25. The number of rotatable bonds is 6. The molecule has 2 rings (SSSR count). The number of hydroxylamine groups is 1. The molecule has 0 aromatic heterocycles. The predicted octanol–water partition coefficient (Wildman–Crippen LogP) is 4.21. The van der Waals surface area contributed by atoms with Crippen molar-refractivity contribution >= 4 is 28.9 Å². The second kappa shape index (κ2) is 10.7. The van der Waals surface area contributed by atoms with E-state index in [1.807, 2.05) is 26.8 Å². The van der Waals surface area contributed by atoms with Gasteiger partial charge in [0.25, 0.3) is 5.91 Å². The first kappa shape index (κ1) is 20.9. The molecule has 2 aromatic rings. The van der Waals surface area contributed by atoms with Crippen LogP contribution >= 0.6 is 11.6 Å². The van der Waals surface area contributed by atoms with Crippen LogP contribution in [0.15, 0.2) is 36.4 Å². The van der Waals surface area contributed by atoms with E-state index in [0.717, 1.165) is 5.56 Å². The molecule has 0 heterocycles. The Morgan fingerprint density at radius 1 is 1.20 bits per heavy atom. The van der Waals surface area contributed by atoms with Crippen molar-refractivity contribution in [2.24, 2.45) is 0 Å². The van der Waals surface area contributed by atoms with Gasteiger partial charge in [-0.05, 0) is 42.8 Å². The van der Waals surface area contributed by atoms with E-state index in [0.29, 0.717) is 10.7 Å². The van der Waals surface area contributed by atoms with Gasteiger partial charge in [-0.1, -0.05) is 31.5 Å². The molecular weight excluding hydrogens is 347 g/mol. The van der Waals surface area contributed by atoms with Crippen molar-refractivity contribution in [3.05, 3.63) is 58.4 Å². The zero-order chi connectivity index (χ0) is 18.8. The van der Waals surface area contributed by atoms with E-state index in [2.05, 4.69) is 10.8 Å². The van der Waals surface area contributed by atoms with Crippen LogP contribution in [0, 0.1) is 12.7 Å². The van der Waals surface area contributed by atoms with Crippen molar-refractivity contribution < 1.29 is 19.1 Å². The molecular formula is C18H22ClFN2O3. The Morgan fingerprint density at radius 3 is 2.56 bits per heavy atom. The maximum Gasteiger partial charge on any atom is 0.276 e. The molecule has 25 heavy (non-hydrogen) atoms. The number of anilines is 2. The number of nitrogens with one attached hydrogen (secondary N) is 2. The van der Waals surface area contributed by atoms with E-state index in [4.69, 9.17) is 21.5 Å². The summed E-state index contributed by atoms with van der Waals surface area (Å²) in [5.41, 5.74) is 4.14. The van der Waals surface area contributed by atoms with E-state index in [9.17, 15) is 9.18 Å². The maximum atomic E-state index is 13.5. The predicted molar refractivity (Wildman–Crippen MR) is 97.7 cm³/mol. The molecule has 0 spiro atoms. The van der Waals surface area contributed by atoms with Crippen LogP contribution in [0.4, 0.5) is 15.8 Å². The van der Waals surface area contributed by atoms with Crippen LogP contribution in [0.2, 0.25) is 5.02 Å². The summed E-state index contributed by atoms with van der Waals surface area (Å²) < 4.78 is 13.5. The number of carbonyl (C=O) groups excluding carboxylic acids is 1. The second-order valence-electron chi connectivity index (χ2n) is 4.80. The minimum atomic E-state index is -0.566. The number of carbonyl (C=O) groups is 1. The van der Waals surface area contributed by atoms with Gasteiger partial charge >= 0.3 is 0 Å². The molecule has 0 aliphatic carbocycles. The zero-order valence-electron chi connectivity index (χ0n) is 14.4. The van der Waals surface area contributed by atoms with Gasteiger partial charge in [0.2, 0.25) is 0 Å². The summed E-state index contributed by atoms with van der Waals surface area (Å²) in [4.78, 5) is 16.8. The van der Waals surface area contributed by atoms with Gasteiger partial charge in [-0.25, -0.2) is 9.87 Å². The van der Waals surface area contributed by atoms with Crippen molar-refractivity contribution in [2.45, 2.75) is 20.8 Å². The SMILES string of the molecule is CC.Cc1ccc(Nc2cc(F)ccc2C(=O)NOCCO)c(Cl)c1. The van der Waals surface area contributed by atoms with Crippen LogP contribution in [-0.2, 0) is 4.84 Å².